The molecule has 2 atom stereocenters. The zero-order valence-electron chi connectivity index (χ0n) is 14.3. The molecular formula is C19H26N2O2. The minimum Gasteiger partial charge on any atom is -0.341 e. The van der Waals surface area contributed by atoms with Crippen molar-refractivity contribution in [3.8, 4) is 0 Å². The van der Waals surface area contributed by atoms with E-state index in [1.807, 2.05) is 23.1 Å². The minimum absolute atomic E-state index is 0.0287. The summed E-state index contributed by atoms with van der Waals surface area (Å²) < 4.78 is 0. The van der Waals surface area contributed by atoms with Crippen molar-refractivity contribution < 1.29 is 9.59 Å². The predicted octanol–water partition coefficient (Wildman–Crippen LogP) is 2.19. The third-order valence-corrected chi connectivity index (χ3v) is 5.76. The fraction of sp³-hybridized carbons (Fsp3) is 0.579. The van der Waals surface area contributed by atoms with E-state index in [4.69, 9.17) is 0 Å². The van der Waals surface area contributed by atoms with Crippen LogP contribution < -0.4 is 0 Å². The van der Waals surface area contributed by atoms with Gasteiger partial charge in [0, 0.05) is 26.6 Å². The maximum absolute atomic E-state index is 12.5. The number of amides is 2. The molecule has 4 heteroatoms. The molecule has 0 spiro atoms. The van der Waals surface area contributed by atoms with Crippen LogP contribution in [-0.4, -0.2) is 47.8 Å². The summed E-state index contributed by atoms with van der Waals surface area (Å²) in [5, 5.41) is 0. The van der Waals surface area contributed by atoms with Gasteiger partial charge in [-0.2, -0.15) is 0 Å². The highest BCUT2D eigenvalue weighted by molar-refractivity contribution is 5.84. The van der Waals surface area contributed by atoms with Gasteiger partial charge in [0.1, 0.15) is 0 Å². The summed E-state index contributed by atoms with van der Waals surface area (Å²) in [5.41, 5.74) is 1.60. The molecule has 1 aromatic rings. The van der Waals surface area contributed by atoms with Crippen molar-refractivity contribution >= 4 is 11.8 Å². The van der Waals surface area contributed by atoms with Crippen LogP contribution in [0, 0.1) is 17.3 Å². The number of hydrogen-bond acceptors (Lipinski definition) is 2. The highest BCUT2D eigenvalue weighted by Gasteiger charge is 2.62. The minimum atomic E-state index is -0.0287. The highest BCUT2D eigenvalue weighted by atomic mass is 16.2. The fourth-order valence-corrected chi connectivity index (χ4v) is 3.86. The zero-order chi connectivity index (χ0) is 16.6. The number of carbonyl (C=O) groups is 2. The molecule has 3 rings (SSSR count). The van der Waals surface area contributed by atoms with E-state index in [1.54, 1.807) is 11.8 Å². The lowest BCUT2D eigenvalue weighted by atomic mass is 10.1. The third-order valence-electron chi connectivity index (χ3n) is 5.76. The molecule has 2 fully saturated rings. The molecular weight excluding hydrogens is 288 g/mol. The molecule has 1 heterocycles. The Morgan fingerprint density at radius 3 is 2.35 bits per heavy atom. The average molecular weight is 314 g/mol. The summed E-state index contributed by atoms with van der Waals surface area (Å²) in [7, 11) is 0. The first-order valence-corrected chi connectivity index (χ1v) is 8.47. The van der Waals surface area contributed by atoms with Gasteiger partial charge in [-0.3, -0.25) is 9.59 Å². The van der Waals surface area contributed by atoms with Gasteiger partial charge in [0.15, 0.2) is 0 Å². The van der Waals surface area contributed by atoms with Gasteiger partial charge in [0.05, 0.1) is 6.54 Å². The Bertz CT molecular complexity index is 583. The normalized spacial score (nSPS) is 24.2. The van der Waals surface area contributed by atoms with E-state index in [9.17, 15) is 9.59 Å². The van der Waals surface area contributed by atoms with Crippen LogP contribution in [0.25, 0.3) is 0 Å². The molecule has 4 nitrogen and oxygen atoms in total. The molecule has 0 bridgehead atoms. The van der Waals surface area contributed by atoms with Crippen LogP contribution in [0.5, 0.6) is 0 Å². The lowest BCUT2D eigenvalue weighted by Gasteiger charge is -2.26. The van der Waals surface area contributed by atoms with Crippen LogP contribution in [0.3, 0.4) is 0 Å². The Balaban J connectivity index is 1.51. The maximum Gasteiger partial charge on any atom is 0.242 e. The molecule has 1 aliphatic heterocycles. The smallest absolute Gasteiger partial charge is 0.242 e. The van der Waals surface area contributed by atoms with Gasteiger partial charge >= 0.3 is 0 Å². The lowest BCUT2D eigenvalue weighted by molar-refractivity contribution is -0.139. The summed E-state index contributed by atoms with van der Waals surface area (Å²) in [6, 6.07) is 10.1. The van der Waals surface area contributed by atoms with Gasteiger partial charge in [-0.1, -0.05) is 44.2 Å². The number of likely N-dealkylation sites (tertiary alicyclic amines) is 1. The Morgan fingerprint density at radius 2 is 1.78 bits per heavy atom. The number of carbonyl (C=O) groups excluding carboxylic acids is 2. The molecule has 0 radical (unpaired) electrons. The van der Waals surface area contributed by atoms with E-state index in [1.165, 1.54) is 5.56 Å². The van der Waals surface area contributed by atoms with E-state index < -0.39 is 0 Å². The number of benzene rings is 1. The van der Waals surface area contributed by atoms with Gasteiger partial charge in [0.2, 0.25) is 11.8 Å². The van der Waals surface area contributed by atoms with Crippen LogP contribution in [0.2, 0.25) is 0 Å². The first-order chi connectivity index (χ1) is 10.9. The van der Waals surface area contributed by atoms with E-state index >= 15 is 0 Å². The summed E-state index contributed by atoms with van der Waals surface area (Å²) in [6.07, 6.45) is 0.784. The van der Waals surface area contributed by atoms with Crippen molar-refractivity contribution in [1.82, 2.24) is 9.80 Å². The third kappa shape index (κ3) is 3.26. The fourth-order valence-electron chi connectivity index (χ4n) is 3.86. The average Bonchev–Trinajstić information content (AvgIpc) is 2.91. The number of rotatable bonds is 5. The zero-order valence-corrected chi connectivity index (χ0v) is 14.3. The summed E-state index contributed by atoms with van der Waals surface area (Å²) >= 11 is 0. The Kier molecular flexibility index (Phi) is 4.17. The lowest BCUT2D eigenvalue weighted by Crippen LogP contribution is -2.43. The summed E-state index contributed by atoms with van der Waals surface area (Å²) in [5.74, 6) is 1.37. The largest absolute Gasteiger partial charge is 0.341 e. The molecule has 2 amide bonds. The second kappa shape index (κ2) is 5.99. The molecule has 1 saturated heterocycles. The molecule has 0 unspecified atom stereocenters. The topological polar surface area (TPSA) is 40.6 Å². The molecule has 1 saturated carbocycles. The Morgan fingerprint density at radius 1 is 1.17 bits per heavy atom. The summed E-state index contributed by atoms with van der Waals surface area (Å²) in [6.45, 7) is 8.64. The number of hydrogen-bond donors (Lipinski definition) is 0. The summed E-state index contributed by atoms with van der Waals surface area (Å²) in [4.78, 5) is 27.9. The predicted molar refractivity (Wildman–Crippen MR) is 89.7 cm³/mol. The van der Waals surface area contributed by atoms with E-state index in [-0.39, 0.29) is 18.4 Å². The van der Waals surface area contributed by atoms with E-state index in [0.29, 0.717) is 23.8 Å². The van der Waals surface area contributed by atoms with Crippen molar-refractivity contribution in [2.75, 3.05) is 26.2 Å². The SMILES string of the molecule is CC(=O)N(CCc1ccccc1)CC(=O)N1C[C@@H]2[C@H](C1)C2(C)C. The Labute approximate surface area is 138 Å². The van der Waals surface area contributed by atoms with Crippen molar-refractivity contribution in [3.05, 3.63) is 35.9 Å². The van der Waals surface area contributed by atoms with E-state index in [0.717, 1.165) is 19.5 Å². The Hall–Kier alpha value is -1.84. The van der Waals surface area contributed by atoms with Gasteiger partial charge in [0.25, 0.3) is 0 Å². The van der Waals surface area contributed by atoms with Crippen LogP contribution in [0.1, 0.15) is 26.3 Å². The molecule has 1 aromatic carbocycles. The van der Waals surface area contributed by atoms with Gasteiger partial charge in [-0.25, -0.2) is 0 Å². The van der Waals surface area contributed by atoms with Crippen molar-refractivity contribution in [2.45, 2.75) is 27.2 Å². The second-order valence-electron chi connectivity index (χ2n) is 7.51. The van der Waals surface area contributed by atoms with Crippen molar-refractivity contribution in [1.29, 1.82) is 0 Å². The molecule has 1 aliphatic carbocycles. The van der Waals surface area contributed by atoms with Crippen LogP contribution in [-0.2, 0) is 16.0 Å². The highest BCUT2D eigenvalue weighted by Crippen LogP contribution is 2.61. The molecule has 0 aromatic heterocycles. The van der Waals surface area contributed by atoms with Gasteiger partial charge < -0.3 is 9.80 Å². The van der Waals surface area contributed by atoms with Crippen molar-refractivity contribution in [3.63, 3.8) is 0 Å². The molecule has 124 valence electrons. The quantitative estimate of drug-likeness (QED) is 0.836. The van der Waals surface area contributed by atoms with E-state index in [2.05, 4.69) is 26.0 Å². The molecule has 0 N–H and O–H groups in total. The second-order valence-corrected chi connectivity index (χ2v) is 7.51. The standard InChI is InChI=1S/C19H26N2O2/c1-14(22)20(10-9-15-7-5-4-6-8-15)13-18(23)21-11-16-17(12-21)19(16,2)3/h4-8,16-17H,9-13H2,1-3H3/t16-,17+. The number of fused-ring (bicyclic) bond motifs is 1. The van der Waals surface area contributed by atoms with Gasteiger partial charge in [-0.05, 0) is 29.2 Å². The maximum atomic E-state index is 12.5. The monoisotopic (exact) mass is 314 g/mol. The number of piperidine rings is 1. The van der Waals surface area contributed by atoms with Crippen LogP contribution in [0.15, 0.2) is 30.3 Å². The molecule has 23 heavy (non-hydrogen) atoms. The van der Waals surface area contributed by atoms with Gasteiger partial charge in [-0.15, -0.1) is 0 Å². The van der Waals surface area contributed by atoms with Crippen molar-refractivity contribution in [2.24, 2.45) is 17.3 Å². The van der Waals surface area contributed by atoms with Crippen LogP contribution >= 0.6 is 0 Å². The molecule has 2 aliphatic rings. The van der Waals surface area contributed by atoms with Crippen LogP contribution in [0.4, 0.5) is 0 Å². The first kappa shape index (κ1) is 16.0. The number of nitrogens with zero attached hydrogens (tertiary/aromatic N) is 2. The first-order valence-electron chi connectivity index (χ1n) is 8.47.